The zero-order chi connectivity index (χ0) is 19.9. The van der Waals surface area contributed by atoms with Gasteiger partial charge in [0.1, 0.15) is 6.61 Å². The third kappa shape index (κ3) is 2.46. The number of nitrogens with zero attached hydrogens (tertiary/aromatic N) is 2. The van der Waals surface area contributed by atoms with Crippen LogP contribution >= 0.6 is 0 Å². The molecular weight excluding hydrogens is 360 g/mol. The van der Waals surface area contributed by atoms with Crippen molar-refractivity contribution in [1.82, 2.24) is 4.90 Å². The van der Waals surface area contributed by atoms with E-state index in [9.17, 15) is 14.4 Å². The van der Waals surface area contributed by atoms with Crippen LogP contribution < -0.4 is 4.90 Å². The monoisotopic (exact) mass is 380 g/mol. The lowest BCUT2D eigenvalue weighted by atomic mass is 9.96. The van der Waals surface area contributed by atoms with Gasteiger partial charge in [-0.1, -0.05) is 48.5 Å². The first-order valence-electron chi connectivity index (χ1n) is 9.07. The minimum Gasteiger partial charge on any atom is -0.464 e. The van der Waals surface area contributed by atoms with Gasteiger partial charge in [0, 0.05) is 18.3 Å². The Bertz CT molecular complexity index is 945. The molecule has 2 aliphatic heterocycles. The zero-order valence-electron chi connectivity index (χ0n) is 15.6. The molecule has 2 aromatic rings. The van der Waals surface area contributed by atoms with Gasteiger partial charge in [0.15, 0.2) is 11.6 Å². The third-order valence-electron chi connectivity index (χ3n) is 5.18. The van der Waals surface area contributed by atoms with E-state index in [4.69, 9.17) is 9.47 Å². The molecule has 0 bridgehead atoms. The van der Waals surface area contributed by atoms with Crippen molar-refractivity contribution < 1.29 is 23.9 Å². The summed E-state index contributed by atoms with van der Waals surface area (Å²) in [4.78, 5) is 41.2. The van der Waals surface area contributed by atoms with Crippen molar-refractivity contribution in [3.05, 3.63) is 65.7 Å². The fourth-order valence-electron chi connectivity index (χ4n) is 3.89. The molecule has 0 N–H and O–H groups in total. The molecule has 0 aromatic heterocycles. The molecule has 28 heavy (non-hydrogen) atoms. The van der Waals surface area contributed by atoms with E-state index < -0.39 is 23.6 Å². The Kier molecular flexibility index (Phi) is 4.30. The second-order valence-electron chi connectivity index (χ2n) is 6.71. The van der Waals surface area contributed by atoms with Gasteiger partial charge in [-0.05, 0) is 18.6 Å². The second kappa shape index (κ2) is 6.67. The van der Waals surface area contributed by atoms with Crippen molar-refractivity contribution in [1.29, 1.82) is 0 Å². The van der Waals surface area contributed by atoms with Crippen molar-refractivity contribution in [3.8, 4) is 0 Å². The van der Waals surface area contributed by atoms with Crippen LogP contribution in [0.4, 0.5) is 10.5 Å². The lowest BCUT2D eigenvalue weighted by molar-refractivity contribution is -0.144. The molecule has 7 nitrogen and oxygen atoms in total. The fraction of sp³-hybridized carbons (Fsp3) is 0.286. The molecule has 0 aliphatic carbocycles. The van der Waals surface area contributed by atoms with Gasteiger partial charge in [0.05, 0.1) is 6.61 Å². The van der Waals surface area contributed by atoms with Crippen molar-refractivity contribution in [2.45, 2.75) is 25.1 Å². The highest BCUT2D eigenvalue weighted by atomic mass is 16.6. The Morgan fingerprint density at radius 2 is 1.71 bits per heavy atom. The number of amides is 2. The number of esters is 1. The molecule has 1 saturated heterocycles. The molecule has 2 heterocycles. The topological polar surface area (TPSA) is 75.9 Å². The van der Waals surface area contributed by atoms with Crippen LogP contribution in [0.15, 0.2) is 54.6 Å². The summed E-state index contributed by atoms with van der Waals surface area (Å²) in [6.07, 6.45) is -0.722. The van der Waals surface area contributed by atoms with Crippen LogP contribution in [0, 0.1) is 0 Å². The summed E-state index contributed by atoms with van der Waals surface area (Å²) in [5.41, 5.74) is 0.692. The summed E-state index contributed by atoms with van der Waals surface area (Å²) in [5.74, 6) is -0.957. The quantitative estimate of drug-likeness (QED) is 0.602. The first kappa shape index (κ1) is 18.0. The number of fused-ring (bicyclic) bond motifs is 2. The van der Waals surface area contributed by atoms with Crippen LogP contribution in [0.5, 0.6) is 0 Å². The summed E-state index contributed by atoms with van der Waals surface area (Å²) >= 11 is 0. The van der Waals surface area contributed by atoms with Crippen molar-refractivity contribution in [2.24, 2.45) is 0 Å². The minimum absolute atomic E-state index is 0.0491. The second-order valence-corrected chi connectivity index (χ2v) is 6.71. The van der Waals surface area contributed by atoms with Crippen LogP contribution in [0.2, 0.25) is 0 Å². The van der Waals surface area contributed by atoms with E-state index in [-0.39, 0.29) is 19.1 Å². The SMILES string of the molecule is CCOC(=O)[C@H]1N(C(=O)OCc2ccccc2)[C@]12C(=O)N(C)c1ccccc12. The molecule has 2 atom stereocenters. The van der Waals surface area contributed by atoms with Gasteiger partial charge >= 0.3 is 12.1 Å². The summed E-state index contributed by atoms with van der Waals surface area (Å²) < 4.78 is 10.5. The highest BCUT2D eigenvalue weighted by molar-refractivity contribution is 6.16. The molecule has 0 unspecified atom stereocenters. The Labute approximate surface area is 162 Å². The molecule has 2 aliphatic rings. The van der Waals surface area contributed by atoms with Gasteiger partial charge in [-0.15, -0.1) is 0 Å². The van der Waals surface area contributed by atoms with E-state index in [2.05, 4.69) is 0 Å². The molecule has 0 radical (unpaired) electrons. The normalized spacial score (nSPS) is 22.2. The van der Waals surface area contributed by atoms with E-state index in [1.54, 1.807) is 38.2 Å². The summed E-state index contributed by atoms with van der Waals surface area (Å²) in [6.45, 7) is 1.89. The zero-order valence-corrected chi connectivity index (χ0v) is 15.6. The van der Waals surface area contributed by atoms with E-state index in [1.165, 1.54) is 9.80 Å². The molecular formula is C21H20N2O5. The lowest BCUT2D eigenvalue weighted by Gasteiger charge is -2.11. The average molecular weight is 380 g/mol. The Balaban J connectivity index is 1.66. The largest absolute Gasteiger partial charge is 0.464 e. The number of para-hydroxylation sites is 1. The van der Waals surface area contributed by atoms with Crippen LogP contribution in [-0.4, -0.2) is 42.6 Å². The predicted octanol–water partition coefficient (Wildman–Crippen LogP) is 2.44. The van der Waals surface area contributed by atoms with Gasteiger partial charge < -0.3 is 14.4 Å². The number of rotatable bonds is 4. The van der Waals surface area contributed by atoms with Gasteiger partial charge in [-0.2, -0.15) is 0 Å². The molecule has 2 aromatic carbocycles. The third-order valence-corrected chi connectivity index (χ3v) is 5.18. The van der Waals surface area contributed by atoms with Crippen LogP contribution in [0.25, 0.3) is 0 Å². The molecule has 1 fully saturated rings. The van der Waals surface area contributed by atoms with E-state index in [0.29, 0.717) is 11.3 Å². The van der Waals surface area contributed by atoms with Gasteiger partial charge in [0.25, 0.3) is 5.91 Å². The molecule has 2 amide bonds. The number of likely N-dealkylation sites (N-methyl/N-ethyl adjacent to an activating group) is 1. The molecule has 0 saturated carbocycles. The van der Waals surface area contributed by atoms with Crippen LogP contribution in [0.1, 0.15) is 18.1 Å². The maximum absolute atomic E-state index is 13.1. The first-order valence-corrected chi connectivity index (χ1v) is 9.07. The number of ether oxygens (including phenoxy) is 2. The summed E-state index contributed by atoms with van der Waals surface area (Å²) in [6, 6.07) is 15.3. The maximum atomic E-state index is 13.1. The summed E-state index contributed by atoms with van der Waals surface area (Å²) in [5, 5.41) is 0. The number of hydrogen-bond donors (Lipinski definition) is 0. The number of anilines is 1. The number of benzene rings is 2. The molecule has 7 heteroatoms. The minimum atomic E-state index is -1.40. The van der Waals surface area contributed by atoms with E-state index in [0.717, 1.165) is 5.56 Å². The number of carbonyl (C=O) groups is 3. The van der Waals surface area contributed by atoms with Crippen LogP contribution in [-0.2, 0) is 31.2 Å². The Morgan fingerprint density at radius 1 is 1.04 bits per heavy atom. The van der Waals surface area contributed by atoms with E-state index in [1.807, 2.05) is 30.3 Å². The fourth-order valence-corrected chi connectivity index (χ4v) is 3.89. The number of carbonyl (C=O) groups excluding carboxylic acids is 3. The maximum Gasteiger partial charge on any atom is 0.412 e. The van der Waals surface area contributed by atoms with Gasteiger partial charge in [0.2, 0.25) is 0 Å². The highest BCUT2D eigenvalue weighted by Gasteiger charge is 2.79. The lowest BCUT2D eigenvalue weighted by Crippen LogP contribution is -2.35. The van der Waals surface area contributed by atoms with Crippen LogP contribution in [0.3, 0.4) is 0 Å². The van der Waals surface area contributed by atoms with Crippen molar-refractivity contribution >= 4 is 23.7 Å². The predicted molar refractivity (Wildman–Crippen MR) is 100 cm³/mol. The average Bonchev–Trinajstić information content (AvgIpc) is 3.38. The van der Waals surface area contributed by atoms with Gasteiger partial charge in [-0.3, -0.25) is 9.69 Å². The van der Waals surface area contributed by atoms with E-state index >= 15 is 0 Å². The Morgan fingerprint density at radius 3 is 2.43 bits per heavy atom. The van der Waals surface area contributed by atoms with Gasteiger partial charge in [-0.25, -0.2) is 9.59 Å². The smallest absolute Gasteiger partial charge is 0.412 e. The summed E-state index contributed by atoms with van der Waals surface area (Å²) in [7, 11) is 1.63. The molecule has 4 rings (SSSR count). The first-order chi connectivity index (χ1) is 13.5. The Hall–Kier alpha value is -3.35. The van der Waals surface area contributed by atoms with Crippen molar-refractivity contribution in [3.63, 3.8) is 0 Å². The standard InChI is InChI=1S/C21H20N2O5/c1-3-27-18(24)17-21(15-11-7-8-12-16(15)22(2)19(21)25)23(17)20(26)28-13-14-9-5-4-6-10-14/h4-12,17H,3,13H2,1-2H3/t17-,21+,23?/m1/s1. The van der Waals surface area contributed by atoms with Crippen molar-refractivity contribution in [2.75, 3.05) is 18.6 Å². The highest BCUT2D eigenvalue weighted by Crippen LogP contribution is 2.58. The molecule has 144 valence electrons. The molecule has 1 spiro atoms. The number of hydrogen-bond acceptors (Lipinski definition) is 5.